The van der Waals surface area contributed by atoms with E-state index in [0.717, 1.165) is 17.0 Å². The average molecular weight is 698 g/mol. The second-order valence-electron chi connectivity index (χ2n) is 12.5. The maximum atomic E-state index is 13.7. The number of halogens is 6. The van der Waals surface area contributed by atoms with E-state index in [9.17, 15) is 41.4 Å². The van der Waals surface area contributed by atoms with Gasteiger partial charge in [-0.3, -0.25) is 14.3 Å². The first-order chi connectivity index (χ1) is 22.6. The third kappa shape index (κ3) is 5.85. The number of aromatic nitrogens is 4. The molecule has 7 rings (SSSR count). The van der Waals surface area contributed by atoms with E-state index in [1.54, 1.807) is 4.90 Å². The zero-order chi connectivity index (χ0) is 34.3. The highest BCUT2D eigenvalue weighted by Crippen LogP contribution is 2.53. The number of rotatable bonds is 7. The summed E-state index contributed by atoms with van der Waals surface area (Å²) >= 11 is 6.38. The minimum Gasteiger partial charge on any atom is -0.390 e. The van der Waals surface area contributed by atoms with Crippen LogP contribution in [0.3, 0.4) is 0 Å². The summed E-state index contributed by atoms with van der Waals surface area (Å²) in [7, 11) is 1.30. The number of anilines is 1. The van der Waals surface area contributed by atoms with E-state index in [-0.39, 0.29) is 57.7 Å². The number of aliphatic hydroxyl groups is 1. The van der Waals surface area contributed by atoms with Gasteiger partial charge in [-0.15, -0.1) is 0 Å². The topological polar surface area (TPSA) is 158 Å². The predicted octanol–water partition coefficient (Wildman–Crippen LogP) is 2.49. The van der Waals surface area contributed by atoms with Gasteiger partial charge in [0, 0.05) is 69.4 Å². The minimum atomic E-state index is -4.95. The van der Waals surface area contributed by atoms with E-state index in [0.29, 0.717) is 30.9 Å². The normalized spacial score (nSPS) is 27.0. The number of β-amino-alcohol motifs (C(OH)–C–C–N with tert-alkyl or cyclic N) is 1. The van der Waals surface area contributed by atoms with Crippen LogP contribution in [0.4, 0.5) is 32.4 Å². The molecule has 6 atom stereocenters. The molecule has 0 unspecified atom stereocenters. The first kappa shape index (κ1) is 32.3. The Hall–Kier alpha value is -4.29. The summed E-state index contributed by atoms with van der Waals surface area (Å²) in [5.74, 6) is -4.50. The molecule has 4 aliphatic rings. The molecule has 48 heavy (non-hydrogen) atoms. The maximum Gasteiger partial charge on any atom is 0.435 e. The van der Waals surface area contributed by atoms with Crippen LogP contribution in [-0.2, 0) is 13.2 Å². The van der Waals surface area contributed by atoms with Crippen LogP contribution in [0.15, 0.2) is 30.6 Å². The smallest absolute Gasteiger partial charge is 0.390 e. The Balaban J connectivity index is 0.967. The van der Waals surface area contributed by atoms with Crippen LogP contribution in [0.2, 0.25) is 5.02 Å². The molecular weight excluding hydrogens is 669 g/mol. The van der Waals surface area contributed by atoms with Crippen molar-refractivity contribution in [1.29, 1.82) is 0 Å². The first-order valence-corrected chi connectivity index (χ1v) is 15.4. The Bertz CT molecular complexity index is 1800. The van der Waals surface area contributed by atoms with Gasteiger partial charge < -0.3 is 35.8 Å². The van der Waals surface area contributed by atoms with Crippen molar-refractivity contribution in [2.24, 2.45) is 18.9 Å². The standard InChI is InChI=1S/C29H29ClF5N9O4/c1-42-19(16-11-44(21-5-28(21,31)32)41-23(16)29(33,34)35)7-37-24(42)26(47)38-12-2-3-13(17(30)4-12)25(46)40-22-14-9-43(10-15(14)22)27(48)39-18-6-36-8-20(18)45/h2-4,7,11,14-15,18,20-22,36,45H,5-6,8-10H2,1H3,(H,38,47)(H,39,48)(H,40,46)/t14-,15+,18-,20-,21-,22+/m1/s1. The summed E-state index contributed by atoms with van der Waals surface area (Å²) in [6.07, 6.45) is -4.32. The summed E-state index contributed by atoms with van der Waals surface area (Å²) in [5, 5.41) is 24.6. The van der Waals surface area contributed by atoms with Crippen LogP contribution in [0.5, 0.6) is 0 Å². The number of carbonyl (C=O) groups excluding carboxylic acids is 3. The molecule has 4 amide bonds. The van der Waals surface area contributed by atoms with Crippen molar-refractivity contribution in [2.45, 2.75) is 42.7 Å². The second-order valence-corrected chi connectivity index (χ2v) is 12.9. The first-order valence-electron chi connectivity index (χ1n) is 15.0. The number of urea groups is 1. The Kier molecular flexibility index (Phi) is 7.67. The predicted molar refractivity (Wildman–Crippen MR) is 158 cm³/mol. The van der Waals surface area contributed by atoms with Gasteiger partial charge in [0.15, 0.2) is 11.5 Å². The van der Waals surface area contributed by atoms with Gasteiger partial charge >= 0.3 is 12.2 Å². The lowest BCUT2D eigenvalue weighted by atomic mass is 10.2. The summed E-state index contributed by atoms with van der Waals surface area (Å²) < 4.78 is 70.0. The number of amides is 4. The lowest BCUT2D eigenvalue weighted by Crippen LogP contribution is -2.49. The lowest BCUT2D eigenvalue weighted by Gasteiger charge is -2.24. The van der Waals surface area contributed by atoms with E-state index < -0.39 is 53.7 Å². The van der Waals surface area contributed by atoms with Crippen LogP contribution < -0.4 is 21.3 Å². The molecule has 2 aliphatic carbocycles. The summed E-state index contributed by atoms with van der Waals surface area (Å²) in [6, 6.07) is 1.94. The van der Waals surface area contributed by atoms with Gasteiger partial charge in [-0.1, -0.05) is 11.6 Å². The fourth-order valence-electron chi connectivity index (χ4n) is 6.47. The highest BCUT2D eigenvalue weighted by Gasteiger charge is 2.60. The number of fused-ring (bicyclic) bond motifs is 1. The molecule has 1 aromatic carbocycles. The average Bonchev–Trinajstić information content (AvgIpc) is 3.46. The number of hydrogen-bond acceptors (Lipinski definition) is 7. The number of carbonyl (C=O) groups is 3. The number of nitrogens with one attached hydrogen (secondary N) is 4. The van der Waals surface area contributed by atoms with Crippen molar-refractivity contribution in [3.05, 3.63) is 52.7 Å². The molecular formula is C29H29ClF5N9O4. The van der Waals surface area contributed by atoms with Gasteiger partial charge in [0.1, 0.15) is 6.04 Å². The van der Waals surface area contributed by atoms with Crippen molar-refractivity contribution < 1.29 is 41.4 Å². The lowest BCUT2D eigenvalue weighted by molar-refractivity contribution is -0.141. The monoisotopic (exact) mass is 697 g/mol. The van der Waals surface area contributed by atoms with Crippen LogP contribution in [0.1, 0.15) is 39.1 Å². The molecule has 256 valence electrons. The summed E-state index contributed by atoms with van der Waals surface area (Å²) in [6.45, 7) is 1.83. The van der Waals surface area contributed by atoms with Crippen LogP contribution in [0, 0.1) is 11.8 Å². The van der Waals surface area contributed by atoms with Gasteiger partial charge in [-0.05, 0) is 18.2 Å². The molecule has 0 radical (unpaired) electrons. The van der Waals surface area contributed by atoms with Crippen LogP contribution >= 0.6 is 11.6 Å². The number of piperidine rings is 1. The van der Waals surface area contributed by atoms with Crippen molar-refractivity contribution in [1.82, 2.24) is 40.2 Å². The van der Waals surface area contributed by atoms with Crippen LogP contribution in [0.25, 0.3) is 11.3 Å². The SMILES string of the molecule is Cn1c(-c2cn([C@@H]3CC3(F)F)nc2C(F)(F)F)cnc1C(=O)Nc1ccc(C(=O)N[C@H]2[C@@H]3CN(C(=O)N[C@@H]4CNC[C@H]4O)C[C@@H]32)c(Cl)c1. The fourth-order valence-corrected chi connectivity index (χ4v) is 6.73. The Morgan fingerprint density at radius 2 is 1.81 bits per heavy atom. The van der Waals surface area contributed by atoms with Crippen molar-refractivity contribution in [3.8, 4) is 11.3 Å². The molecule has 2 saturated carbocycles. The number of alkyl halides is 5. The van der Waals surface area contributed by atoms with E-state index >= 15 is 0 Å². The zero-order valence-corrected chi connectivity index (χ0v) is 25.8. The molecule has 19 heteroatoms. The Morgan fingerprint density at radius 3 is 2.42 bits per heavy atom. The third-order valence-corrected chi connectivity index (χ3v) is 9.63. The molecule has 2 aliphatic heterocycles. The molecule has 2 saturated heterocycles. The van der Waals surface area contributed by atoms with E-state index in [4.69, 9.17) is 11.6 Å². The molecule has 4 fully saturated rings. The molecule has 2 aromatic heterocycles. The molecule has 0 spiro atoms. The third-order valence-electron chi connectivity index (χ3n) is 9.32. The largest absolute Gasteiger partial charge is 0.435 e. The zero-order valence-electron chi connectivity index (χ0n) is 25.1. The molecule has 13 nitrogen and oxygen atoms in total. The fraction of sp³-hybridized carbons (Fsp3) is 0.483. The van der Waals surface area contributed by atoms with Gasteiger partial charge in [0.25, 0.3) is 17.7 Å². The Morgan fingerprint density at radius 1 is 1.10 bits per heavy atom. The van der Waals surface area contributed by atoms with E-state index in [2.05, 4.69) is 31.3 Å². The number of hydrogen-bond donors (Lipinski definition) is 5. The quantitative estimate of drug-likeness (QED) is 0.238. The number of aliphatic hydroxyl groups excluding tert-OH is 1. The van der Waals surface area contributed by atoms with E-state index in [1.165, 1.54) is 25.2 Å². The minimum absolute atomic E-state index is 0.0282. The van der Waals surface area contributed by atoms with Crippen molar-refractivity contribution >= 4 is 35.1 Å². The highest BCUT2D eigenvalue weighted by molar-refractivity contribution is 6.34. The van der Waals surface area contributed by atoms with Gasteiger partial charge in [-0.25, -0.2) is 18.6 Å². The molecule has 0 bridgehead atoms. The number of benzene rings is 1. The molecule has 3 aromatic rings. The van der Waals surface area contributed by atoms with E-state index in [1.807, 2.05) is 0 Å². The summed E-state index contributed by atoms with van der Waals surface area (Å²) in [4.78, 5) is 44.2. The highest BCUT2D eigenvalue weighted by atomic mass is 35.5. The van der Waals surface area contributed by atoms with Crippen LogP contribution in [-0.4, -0.2) is 97.5 Å². The van der Waals surface area contributed by atoms with Gasteiger partial charge in [0.05, 0.1) is 40.2 Å². The molecule has 4 heterocycles. The second kappa shape index (κ2) is 11.4. The molecule has 5 N–H and O–H groups in total. The van der Waals surface area contributed by atoms with Gasteiger partial charge in [-0.2, -0.15) is 18.3 Å². The van der Waals surface area contributed by atoms with Crippen molar-refractivity contribution in [2.75, 3.05) is 31.5 Å². The Labute approximate surface area is 273 Å². The number of likely N-dealkylation sites (tertiary alicyclic amines) is 1. The van der Waals surface area contributed by atoms with Crippen molar-refractivity contribution in [3.63, 3.8) is 0 Å². The summed E-state index contributed by atoms with van der Waals surface area (Å²) in [5.41, 5.74) is -1.72. The number of nitrogens with zero attached hydrogens (tertiary/aromatic N) is 5. The number of imidazole rings is 1. The van der Waals surface area contributed by atoms with Gasteiger partial charge in [0.2, 0.25) is 0 Å². The maximum absolute atomic E-state index is 13.7.